The summed E-state index contributed by atoms with van der Waals surface area (Å²) in [6.07, 6.45) is -4.59. The smallest absolute Gasteiger partial charge is 0.488 e. The highest BCUT2D eigenvalue weighted by Crippen LogP contribution is 2.35. The van der Waals surface area contributed by atoms with Crippen LogP contribution in [0.3, 0.4) is 0 Å². The lowest BCUT2D eigenvalue weighted by molar-refractivity contribution is -0.138. The minimum absolute atomic E-state index is 0.233. The lowest BCUT2D eigenvalue weighted by Gasteiger charge is -2.13. The highest BCUT2D eigenvalue weighted by molar-refractivity contribution is 6.58. The number of ether oxygens (including phenoxy) is 1. The third-order valence-electron chi connectivity index (χ3n) is 1.83. The van der Waals surface area contributed by atoms with E-state index in [0.29, 0.717) is 6.07 Å². The molecule has 0 aliphatic carbocycles. The summed E-state index contributed by atoms with van der Waals surface area (Å²) in [5.74, 6) is -0.355. The molecule has 2 N–H and O–H groups in total. The molecule has 1 aromatic carbocycles. The fraction of sp³-hybridized carbons (Fsp3) is 0.250. The molecule has 3 nitrogen and oxygen atoms in total. The van der Waals surface area contributed by atoms with Crippen molar-refractivity contribution < 1.29 is 28.0 Å². The van der Waals surface area contributed by atoms with Crippen LogP contribution in [0, 0.1) is 0 Å². The third kappa shape index (κ3) is 2.63. The van der Waals surface area contributed by atoms with Gasteiger partial charge in [0.25, 0.3) is 0 Å². The predicted molar refractivity (Wildman–Crippen MR) is 47.8 cm³/mol. The van der Waals surface area contributed by atoms with Gasteiger partial charge in [0.1, 0.15) is 5.75 Å². The van der Waals surface area contributed by atoms with E-state index in [1.807, 2.05) is 0 Å². The monoisotopic (exact) mass is 220 g/mol. The van der Waals surface area contributed by atoms with Gasteiger partial charge in [0.05, 0.1) is 12.7 Å². The van der Waals surface area contributed by atoms with Crippen molar-refractivity contribution in [1.29, 1.82) is 0 Å². The molecule has 0 spiro atoms. The molecular formula is C8H8BF3O3. The minimum atomic E-state index is -4.59. The summed E-state index contributed by atoms with van der Waals surface area (Å²) in [7, 11) is -0.823. The number of rotatable bonds is 2. The van der Waals surface area contributed by atoms with Gasteiger partial charge in [0, 0.05) is 0 Å². The van der Waals surface area contributed by atoms with Gasteiger partial charge in [-0.25, -0.2) is 0 Å². The highest BCUT2D eigenvalue weighted by atomic mass is 19.4. The molecule has 15 heavy (non-hydrogen) atoms. The maximum absolute atomic E-state index is 12.4. The molecule has 0 heterocycles. The minimum Gasteiger partial charge on any atom is -0.496 e. The van der Waals surface area contributed by atoms with E-state index in [-0.39, 0.29) is 11.2 Å². The molecule has 82 valence electrons. The molecule has 0 saturated carbocycles. The summed E-state index contributed by atoms with van der Waals surface area (Å²) in [5, 5.41) is 17.4. The molecule has 0 aliphatic heterocycles. The number of halogens is 3. The molecule has 0 atom stereocenters. The van der Waals surface area contributed by atoms with E-state index in [0.717, 1.165) is 19.2 Å². The fourth-order valence-corrected chi connectivity index (χ4v) is 1.11. The van der Waals surface area contributed by atoms with E-state index < -0.39 is 18.9 Å². The van der Waals surface area contributed by atoms with Crippen molar-refractivity contribution in [1.82, 2.24) is 0 Å². The van der Waals surface area contributed by atoms with Crippen LogP contribution in [-0.2, 0) is 6.18 Å². The van der Waals surface area contributed by atoms with Gasteiger partial charge < -0.3 is 14.8 Å². The average molecular weight is 220 g/mol. The second-order valence-electron chi connectivity index (χ2n) is 2.83. The first-order chi connectivity index (χ1) is 6.86. The van der Waals surface area contributed by atoms with Crippen LogP contribution in [0.1, 0.15) is 5.56 Å². The Hall–Kier alpha value is -1.21. The molecule has 0 unspecified atom stereocenters. The van der Waals surface area contributed by atoms with Crippen molar-refractivity contribution in [3.63, 3.8) is 0 Å². The Morgan fingerprint density at radius 3 is 2.27 bits per heavy atom. The number of hydrogen-bond donors (Lipinski definition) is 2. The summed E-state index contributed by atoms with van der Waals surface area (Å²) in [6.45, 7) is 0. The van der Waals surface area contributed by atoms with Crippen molar-refractivity contribution in [3.05, 3.63) is 23.8 Å². The molecule has 7 heteroatoms. The van der Waals surface area contributed by atoms with Gasteiger partial charge in [0.2, 0.25) is 0 Å². The Kier molecular flexibility index (Phi) is 3.26. The molecular weight excluding hydrogens is 212 g/mol. The molecule has 0 saturated heterocycles. The van der Waals surface area contributed by atoms with Gasteiger partial charge >= 0.3 is 13.3 Å². The van der Waals surface area contributed by atoms with Crippen LogP contribution in [0.25, 0.3) is 0 Å². The molecule has 1 aromatic rings. The molecule has 0 fully saturated rings. The topological polar surface area (TPSA) is 49.7 Å². The summed E-state index contributed by atoms with van der Waals surface area (Å²) in [4.78, 5) is 0. The Labute approximate surface area is 84.3 Å². The van der Waals surface area contributed by atoms with Crippen LogP contribution in [-0.4, -0.2) is 24.3 Å². The van der Waals surface area contributed by atoms with Gasteiger partial charge in [-0.1, -0.05) is 6.07 Å². The first-order valence-corrected chi connectivity index (χ1v) is 3.97. The summed E-state index contributed by atoms with van der Waals surface area (Å²) >= 11 is 0. The lowest BCUT2D eigenvalue weighted by Crippen LogP contribution is -2.30. The Morgan fingerprint density at radius 1 is 1.27 bits per heavy atom. The van der Waals surface area contributed by atoms with Crippen molar-refractivity contribution in [2.75, 3.05) is 7.11 Å². The average Bonchev–Trinajstić information content (AvgIpc) is 2.15. The van der Waals surface area contributed by atoms with E-state index in [2.05, 4.69) is 4.74 Å². The van der Waals surface area contributed by atoms with Crippen LogP contribution in [0.15, 0.2) is 18.2 Å². The second kappa shape index (κ2) is 4.12. The standard InChI is InChI=1S/C8H8BF3O3/c1-15-7-3-2-5(9(13)14)4-6(7)8(10,11)12/h2-4,13-14H,1H3. The Balaban J connectivity index is 3.26. The highest BCUT2D eigenvalue weighted by Gasteiger charge is 2.35. The Morgan fingerprint density at radius 2 is 1.87 bits per heavy atom. The zero-order valence-electron chi connectivity index (χ0n) is 7.75. The van der Waals surface area contributed by atoms with E-state index in [1.165, 1.54) is 0 Å². The number of methoxy groups -OCH3 is 1. The second-order valence-corrected chi connectivity index (χ2v) is 2.83. The first kappa shape index (κ1) is 11.9. The summed E-state index contributed by atoms with van der Waals surface area (Å²) in [6, 6.07) is 2.83. The van der Waals surface area contributed by atoms with Crippen molar-refractivity contribution >= 4 is 12.6 Å². The van der Waals surface area contributed by atoms with Crippen molar-refractivity contribution in [2.24, 2.45) is 0 Å². The van der Waals surface area contributed by atoms with Gasteiger partial charge in [-0.3, -0.25) is 0 Å². The fourth-order valence-electron chi connectivity index (χ4n) is 1.11. The van der Waals surface area contributed by atoms with Crippen LogP contribution >= 0.6 is 0 Å². The van der Waals surface area contributed by atoms with Gasteiger partial charge in [-0.15, -0.1) is 0 Å². The van der Waals surface area contributed by atoms with Crippen molar-refractivity contribution in [3.8, 4) is 5.75 Å². The largest absolute Gasteiger partial charge is 0.496 e. The first-order valence-electron chi connectivity index (χ1n) is 3.97. The van der Waals surface area contributed by atoms with Gasteiger partial charge in [0.15, 0.2) is 0 Å². The normalized spacial score (nSPS) is 11.3. The maximum Gasteiger partial charge on any atom is 0.488 e. The van der Waals surface area contributed by atoms with Gasteiger partial charge in [-0.2, -0.15) is 13.2 Å². The molecule has 0 aliphatic rings. The molecule has 0 aromatic heterocycles. The summed E-state index contributed by atoms with van der Waals surface area (Å²) in [5.41, 5.74) is -1.27. The SMILES string of the molecule is COc1ccc(B(O)O)cc1C(F)(F)F. The molecule has 0 amide bonds. The number of benzene rings is 1. The third-order valence-corrected chi connectivity index (χ3v) is 1.83. The van der Waals surface area contributed by atoms with E-state index >= 15 is 0 Å². The Bertz CT molecular complexity index is 351. The van der Waals surface area contributed by atoms with Crippen LogP contribution in [0.5, 0.6) is 5.75 Å². The number of alkyl halides is 3. The van der Waals surface area contributed by atoms with Crippen LogP contribution in [0.4, 0.5) is 13.2 Å². The van der Waals surface area contributed by atoms with E-state index in [4.69, 9.17) is 10.0 Å². The summed E-state index contributed by atoms with van der Waals surface area (Å²) < 4.78 is 41.8. The van der Waals surface area contributed by atoms with Crippen LogP contribution in [0.2, 0.25) is 0 Å². The zero-order chi connectivity index (χ0) is 11.6. The van der Waals surface area contributed by atoms with Crippen LogP contribution < -0.4 is 10.2 Å². The predicted octanol–water partition coefficient (Wildman–Crippen LogP) is 0.394. The quantitative estimate of drug-likeness (QED) is 0.709. The molecule has 0 bridgehead atoms. The maximum atomic E-state index is 12.4. The molecule has 1 rings (SSSR count). The number of hydrogen-bond acceptors (Lipinski definition) is 3. The van der Waals surface area contributed by atoms with E-state index in [9.17, 15) is 13.2 Å². The van der Waals surface area contributed by atoms with E-state index in [1.54, 1.807) is 0 Å². The zero-order valence-corrected chi connectivity index (χ0v) is 7.75. The lowest BCUT2D eigenvalue weighted by atomic mass is 9.79. The van der Waals surface area contributed by atoms with Gasteiger partial charge in [-0.05, 0) is 17.6 Å². The molecule has 0 radical (unpaired) electrons. The van der Waals surface area contributed by atoms with Crippen molar-refractivity contribution in [2.45, 2.75) is 6.18 Å².